The summed E-state index contributed by atoms with van der Waals surface area (Å²) < 4.78 is 10.9. The fourth-order valence-corrected chi connectivity index (χ4v) is 5.39. The molecule has 1 aromatic rings. The number of carbonyl (C=O) groups is 2. The van der Waals surface area contributed by atoms with Crippen LogP contribution in [-0.4, -0.2) is 42.1 Å². The Bertz CT molecular complexity index is 701. The van der Waals surface area contributed by atoms with E-state index in [-0.39, 0.29) is 30.7 Å². The first-order valence-corrected chi connectivity index (χ1v) is 10.4. The van der Waals surface area contributed by atoms with Gasteiger partial charge in [0.15, 0.2) is 5.41 Å². The Balaban J connectivity index is 2.07. The summed E-state index contributed by atoms with van der Waals surface area (Å²) in [5.41, 5.74) is -0.253. The predicted octanol–water partition coefficient (Wildman–Crippen LogP) is 3.81. The van der Waals surface area contributed by atoms with E-state index in [2.05, 4.69) is 37.8 Å². The van der Waals surface area contributed by atoms with Crippen molar-refractivity contribution in [3.8, 4) is 0 Å². The Morgan fingerprint density at radius 1 is 1.07 bits per heavy atom. The lowest BCUT2D eigenvalue weighted by Gasteiger charge is -2.64. The minimum atomic E-state index is -1.26. The summed E-state index contributed by atoms with van der Waals surface area (Å²) in [7, 11) is 0. The summed E-state index contributed by atoms with van der Waals surface area (Å²) in [5.74, 6) is -0.445. The van der Waals surface area contributed by atoms with Crippen molar-refractivity contribution in [2.75, 3.05) is 13.2 Å². The SMILES string of the molecule is CCOC(=O)C1(C(=O)OCC)CC2(C)C(C)CC1N(Cc1ccccc1)C2C. The van der Waals surface area contributed by atoms with Gasteiger partial charge in [-0.25, -0.2) is 0 Å². The van der Waals surface area contributed by atoms with Gasteiger partial charge in [-0.05, 0) is 50.5 Å². The second-order valence-corrected chi connectivity index (χ2v) is 8.58. The second kappa shape index (κ2) is 7.86. The summed E-state index contributed by atoms with van der Waals surface area (Å²) in [6, 6.07) is 10.3. The van der Waals surface area contributed by atoms with Crippen LogP contribution in [-0.2, 0) is 25.6 Å². The van der Waals surface area contributed by atoms with Gasteiger partial charge >= 0.3 is 11.9 Å². The zero-order chi connectivity index (χ0) is 20.5. The number of piperidine rings is 2. The lowest BCUT2D eigenvalue weighted by atomic mass is 9.49. The maximum atomic E-state index is 13.2. The second-order valence-electron chi connectivity index (χ2n) is 8.58. The van der Waals surface area contributed by atoms with Gasteiger partial charge in [0.2, 0.25) is 0 Å². The Morgan fingerprint density at radius 2 is 1.64 bits per heavy atom. The van der Waals surface area contributed by atoms with Gasteiger partial charge in [-0.15, -0.1) is 0 Å². The number of fused-ring (bicyclic) bond motifs is 3. The fourth-order valence-electron chi connectivity index (χ4n) is 5.39. The molecular weight excluding hydrogens is 354 g/mol. The fraction of sp³-hybridized carbons (Fsp3) is 0.652. The number of esters is 2. The van der Waals surface area contributed by atoms with E-state index < -0.39 is 17.4 Å². The van der Waals surface area contributed by atoms with E-state index in [1.165, 1.54) is 5.56 Å². The summed E-state index contributed by atoms with van der Waals surface area (Å²) >= 11 is 0. The molecule has 2 aliphatic heterocycles. The molecule has 4 unspecified atom stereocenters. The third-order valence-electron chi connectivity index (χ3n) is 7.27. The molecule has 4 rings (SSSR count). The molecule has 0 N–H and O–H groups in total. The van der Waals surface area contributed by atoms with Gasteiger partial charge in [0, 0.05) is 18.6 Å². The van der Waals surface area contributed by atoms with Crippen LogP contribution in [0.1, 0.15) is 53.0 Å². The van der Waals surface area contributed by atoms with E-state index in [9.17, 15) is 9.59 Å². The average molecular weight is 388 g/mol. The highest BCUT2D eigenvalue weighted by atomic mass is 16.6. The van der Waals surface area contributed by atoms with E-state index in [0.29, 0.717) is 18.9 Å². The van der Waals surface area contributed by atoms with Crippen molar-refractivity contribution in [3.63, 3.8) is 0 Å². The number of hydrogen-bond donors (Lipinski definition) is 0. The highest BCUT2D eigenvalue weighted by Crippen LogP contribution is 2.60. The number of rotatable bonds is 6. The van der Waals surface area contributed by atoms with Crippen LogP contribution in [0.25, 0.3) is 0 Å². The Hall–Kier alpha value is -1.88. The molecule has 2 bridgehead atoms. The van der Waals surface area contributed by atoms with Crippen LogP contribution >= 0.6 is 0 Å². The summed E-state index contributed by atoms with van der Waals surface area (Å²) in [6.45, 7) is 11.5. The van der Waals surface area contributed by atoms with Gasteiger partial charge < -0.3 is 9.47 Å². The van der Waals surface area contributed by atoms with Crippen molar-refractivity contribution in [1.29, 1.82) is 0 Å². The van der Waals surface area contributed by atoms with Crippen LogP contribution in [0.2, 0.25) is 0 Å². The summed E-state index contributed by atoms with van der Waals surface area (Å²) in [5, 5.41) is 0. The molecule has 3 fully saturated rings. The van der Waals surface area contributed by atoms with E-state index in [1.54, 1.807) is 13.8 Å². The molecule has 0 spiro atoms. The monoisotopic (exact) mass is 387 g/mol. The molecule has 0 radical (unpaired) electrons. The van der Waals surface area contributed by atoms with Crippen LogP contribution in [0.5, 0.6) is 0 Å². The Kier molecular flexibility index (Phi) is 5.85. The van der Waals surface area contributed by atoms with E-state index in [1.807, 2.05) is 18.2 Å². The Labute approximate surface area is 168 Å². The van der Waals surface area contributed by atoms with Gasteiger partial charge in [0.25, 0.3) is 0 Å². The van der Waals surface area contributed by atoms with Crippen LogP contribution < -0.4 is 0 Å². The van der Waals surface area contributed by atoms with Crippen LogP contribution in [0.4, 0.5) is 0 Å². The largest absolute Gasteiger partial charge is 0.465 e. The molecule has 2 saturated heterocycles. The zero-order valence-electron chi connectivity index (χ0n) is 17.7. The summed E-state index contributed by atoms with van der Waals surface area (Å²) in [6.07, 6.45) is 1.27. The van der Waals surface area contributed by atoms with Gasteiger partial charge in [-0.2, -0.15) is 0 Å². The summed E-state index contributed by atoms with van der Waals surface area (Å²) in [4.78, 5) is 28.8. The van der Waals surface area contributed by atoms with Gasteiger partial charge in [-0.1, -0.05) is 44.2 Å². The molecule has 1 aromatic carbocycles. The normalized spacial score (nSPS) is 31.4. The van der Waals surface area contributed by atoms with E-state index in [0.717, 1.165) is 6.42 Å². The molecule has 1 aliphatic carbocycles. The molecular formula is C23H33NO4. The standard InChI is InChI=1S/C23H33NO4/c1-6-27-20(25)23(21(26)28-7-2)15-22(5)16(3)13-19(23)24(17(22)4)14-18-11-9-8-10-12-18/h8-12,16-17,19H,6-7,13-15H2,1-5H3. The lowest BCUT2D eigenvalue weighted by molar-refractivity contribution is -0.214. The zero-order valence-corrected chi connectivity index (χ0v) is 17.7. The number of nitrogens with zero attached hydrogens (tertiary/aromatic N) is 1. The molecule has 4 atom stereocenters. The van der Waals surface area contributed by atoms with Gasteiger partial charge in [0.05, 0.1) is 13.2 Å². The van der Waals surface area contributed by atoms with Crippen molar-refractivity contribution < 1.29 is 19.1 Å². The van der Waals surface area contributed by atoms with Crippen LogP contribution in [0.15, 0.2) is 30.3 Å². The van der Waals surface area contributed by atoms with Crippen molar-refractivity contribution in [1.82, 2.24) is 4.90 Å². The number of benzene rings is 1. The molecule has 0 aromatic heterocycles. The highest BCUT2D eigenvalue weighted by molar-refractivity contribution is 6.01. The molecule has 154 valence electrons. The lowest BCUT2D eigenvalue weighted by Crippen LogP contribution is -2.73. The minimum Gasteiger partial charge on any atom is -0.465 e. The van der Waals surface area contributed by atoms with E-state index in [4.69, 9.17) is 9.47 Å². The molecule has 3 aliphatic rings. The van der Waals surface area contributed by atoms with Crippen LogP contribution in [0, 0.1) is 16.7 Å². The Morgan fingerprint density at radius 3 is 2.18 bits per heavy atom. The number of hydrogen-bond acceptors (Lipinski definition) is 5. The smallest absolute Gasteiger partial charge is 0.325 e. The first-order valence-electron chi connectivity index (χ1n) is 10.4. The predicted molar refractivity (Wildman–Crippen MR) is 107 cm³/mol. The number of ether oxygens (including phenoxy) is 2. The third-order valence-corrected chi connectivity index (χ3v) is 7.27. The molecule has 5 heteroatoms. The molecule has 1 saturated carbocycles. The average Bonchev–Trinajstić information content (AvgIpc) is 2.67. The molecule has 0 amide bonds. The number of carbonyl (C=O) groups excluding carboxylic acids is 2. The van der Waals surface area contributed by atoms with Crippen molar-refractivity contribution >= 4 is 11.9 Å². The van der Waals surface area contributed by atoms with Crippen molar-refractivity contribution in [3.05, 3.63) is 35.9 Å². The first kappa shape index (κ1) is 20.8. The maximum absolute atomic E-state index is 13.2. The molecule has 28 heavy (non-hydrogen) atoms. The maximum Gasteiger partial charge on any atom is 0.325 e. The highest BCUT2D eigenvalue weighted by Gasteiger charge is 2.69. The van der Waals surface area contributed by atoms with Crippen molar-refractivity contribution in [2.45, 2.75) is 66.1 Å². The quantitative estimate of drug-likeness (QED) is 0.549. The first-order chi connectivity index (χ1) is 13.3. The van der Waals surface area contributed by atoms with Crippen LogP contribution in [0.3, 0.4) is 0 Å². The topological polar surface area (TPSA) is 55.8 Å². The minimum absolute atomic E-state index is 0.178. The third kappa shape index (κ3) is 3.14. The van der Waals surface area contributed by atoms with E-state index >= 15 is 0 Å². The van der Waals surface area contributed by atoms with Gasteiger partial charge in [-0.3, -0.25) is 14.5 Å². The van der Waals surface area contributed by atoms with Gasteiger partial charge in [0.1, 0.15) is 0 Å². The molecule has 2 heterocycles. The molecule has 5 nitrogen and oxygen atoms in total. The van der Waals surface area contributed by atoms with Crippen molar-refractivity contribution in [2.24, 2.45) is 16.7 Å².